The quantitative estimate of drug-likeness (QED) is 0.542. The van der Waals surface area contributed by atoms with Crippen molar-refractivity contribution in [3.05, 3.63) is 36.7 Å². The summed E-state index contributed by atoms with van der Waals surface area (Å²) in [6.07, 6.45) is 4.08. The zero-order valence-corrected chi connectivity index (χ0v) is 15.9. The number of aromatic nitrogens is 5. The predicted octanol–water partition coefficient (Wildman–Crippen LogP) is 2.38. The van der Waals surface area contributed by atoms with Crippen LogP contribution in [0, 0.1) is 5.92 Å². The maximum Gasteiger partial charge on any atom is 0.214 e. The number of anilines is 1. The molecule has 2 aliphatic rings. The Bertz CT molecular complexity index is 1230. The average Bonchev–Trinajstić information content (AvgIpc) is 3.43. The van der Waals surface area contributed by atoms with Gasteiger partial charge < -0.3 is 15.8 Å². The van der Waals surface area contributed by atoms with E-state index in [1.165, 1.54) is 6.33 Å². The van der Waals surface area contributed by atoms with Crippen LogP contribution in [0.25, 0.3) is 33.2 Å². The molecule has 8 nitrogen and oxygen atoms in total. The molecule has 4 heterocycles. The van der Waals surface area contributed by atoms with Gasteiger partial charge in [0.05, 0.1) is 10.9 Å². The molecule has 8 heteroatoms. The zero-order chi connectivity index (χ0) is 19.4. The molecule has 0 bridgehead atoms. The van der Waals surface area contributed by atoms with Crippen molar-refractivity contribution >= 4 is 27.8 Å². The lowest BCUT2D eigenvalue weighted by Crippen LogP contribution is -2.44. The summed E-state index contributed by atoms with van der Waals surface area (Å²) in [4.78, 5) is 13.3. The normalized spacial score (nSPS) is 17.0. The molecular formula is C21H21N7O. The van der Waals surface area contributed by atoms with E-state index < -0.39 is 0 Å². The van der Waals surface area contributed by atoms with E-state index in [0.29, 0.717) is 23.7 Å². The molecule has 3 aromatic heterocycles. The Morgan fingerprint density at radius 2 is 2.03 bits per heavy atom. The second kappa shape index (κ2) is 6.38. The van der Waals surface area contributed by atoms with E-state index in [1.54, 1.807) is 0 Å². The number of nitrogens with zero attached hydrogens (tertiary/aromatic N) is 5. The maximum atomic E-state index is 6.22. The first-order valence-electron chi connectivity index (χ1n) is 10.00. The highest BCUT2D eigenvalue weighted by Gasteiger charge is 2.24. The smallest absolute Gasteiger partial charge is 0.214 e. The van der Waals surface area contributed by atoms with E-state index in [-0.39, 0.29) is 0 Å². The number of benzene rings is 1. The Hall–Kier alpha value is -3.26. The number of hydrogen-bond acceptors (Lipinski definition) is 7. The molecule has 2 fully saturated rings. The molecular weight excluding hydrogens is 366 g/mol. The van der Waals surface area contributed by atoms with Crippen LogP contribution in [0.3, 0.4) is 0 Å². The lowest BCUT2D eigenvalue weighted by atomic mass is 10.0. The van der Waals surface area contributed by atoms with Gasteiger partial charge in [-0.15, -0.1) is 0 Å². The van der Waals surface area contributed by atoms with Gasteiger partial charge in [0, 0.05) is 42.6 Å². The van der Waals surface area contributed by atoms with Gasteiger partial charge in [-0.3, -0.25) is 0 Å². The van der Waals surface area contributed by atoms with Crippen molar-refractivity contribution < 1.29 is 4.74 Å². The summed E-state index contributed by atoms with van der Waals surface area (Å²) in [5.74, 6) is 1.71. The number of ether oxygens (including phenoxy) is 1. The van der Waals surface area contributed by atoms with Crippen molar-refractivity contribution in [2.75, 3.05) is 18.8 Å². The lowest BCUT2D eigenvalue weighted by Gasteiger charge is -2.26. The minimum absolute atomic E-state index is 0.336. The fourth-order valence-electron chi connectivity index (χ4n) is 3.76. The van der Waals surface area contributed by atoms with Gasteiger partial charge in [0.15, 0.2) is 5.65 Å². The number of nitrogen functional groups attached to an aromatic ring is 1. The molecule has 0 amide bonds. The monoisotopic (exact) mass is 387 g/mol. The van der Waals surface area contributed by atoms with Gasteiger partial charge in [-0.25, -0.2) is 19.6 Å². The van der Waals surface area contributed by atoms with Crippen molar-refractivity contribution in [2.24, 2.45) is 5.92 Å². The molecule has 3 N–H and O–H groups in total. The largest absolute Gasteiger partial charge is 0.474 e. The molecule has 1 saturated carbocycles. The van der Waals surface area contributed by atoms with Crippen molar-refractivity contribution in [3.8, 4) is 17.1 Å². The number of nitrogens with two attached hydrogens (primary N) is 1. The zero-order valence-electron chi connectivity index (χ0n) is 15.9. The van der Waals surface area contributed by atoms with E-state index in [4.69, 9.17) is 15.6 Å². The van der Waals surface area contributed by atoms with Crippen LogP contribution in [0.1, 0.15) is 12.8 Å². The summed E-state index contributed by atoms with van der Waals surface area (Å²) in [5, 5.41) is 10.0. The van der Waals surface area contributed by atoms with Crippen molar-refractivity contribution in [1.82, 2.24) is 30.0 Å². The number of rotatable bonds is 5. The van der Waals surface area contributed by atoms with Gasteiger partial charge in [0.2, 0.25) is 5.88 Å². The fourth-order valence-corrected chi connectivity index (χ4v) is 3.76. The Kier molecular flexibility index (Phi) is 3.67. The first-order valence-corrected chi connectivity index (χ1v) is 10.00. The highest BCUT2D eigenvalue weighted by Crippen LogP contribution is 2.33. The lowest BCUT2D eigenvalue weighted by molar-refractivity contribution is 0.292. The summed E-state index contributed by atoms with van der Waals surface area (Å²) in [7, 11) is 0. The molecule has 1 aromatic carbocycles. The van der Waals surface area contributed by atoms with Crippen molar-refractivity contribution in [1.29, 1.82) is 0 Å². The van der Waals surface area contributed by atoms with Crippen LogP contribution < -0.4 is 15.8 Å². The predicted molar refractivity (Wildman–Crippen MR) is 110 cm³/mol. The topological polar surface area (TPSA) is 104 Å². The third kappa shape index (κ3) is 2.96. The Labute approximate surface area is 167 Å². The van der Waals surface area contributed by atoms with Gasteiger partial charge in [0.1, 0.15) is 23.9 Å². The molecule has 0 unspecified atom stereocenters. The van der Waals surface area contributed by atoms with Gasteiger partial charge in [-0.2, -0.15) is 5.10 Å². The van der Waals surface area contributed by atoms with Crippen LogP contribution in [0.5, 0.6) is 5.88 Å². The molecule has 6 rings (SSSR count). The minimum Gasteiger partial charge on any atom is -0.474 e. The molecule has 0 spiro atoms. The number of nitrogens with one attached hydrogen (secondary N) is 1. The van der Waals surface area contributed by atoms with Crippen LogP contribution in [0.15, 0.2) is 36.7 Å². The van der Waals surface area contributed by atoms with Crippen LogP contribution in [-0.4, -0.2) is 43.9 Å². The van der Waals surface area contributed by atoms with Crippen LogP contribution >= 0.6 is 0 Å². The Morgan fingerprint density at radius 1 is 1.14 bits per heavy atom. The highest BCUT2D eigenvalue weighted by atomic mass is 16.5. The van der Waals surface area contributed by atoms with Crippen molar-refractivity contribution in [2.45, 2.75) is 25.5 Å². The second-order valence-corrected chi connectivity index (χ2v) is 7.89. The first-order chi connectivity index (χ1) is 14.2. The summed E-state index contributed by atoms with van der Waals surface area (Å²) >= 11 is 0. The molecule has 0 radical (unpaired) electrons. The summed E-state index contributed by atoms with van der Waals surface area (Å²) in [6.45, 7) is 2.82. The van der Waals surface area contributed by atoms with E-state index in [0.717, 1.165) is 65.7 Å². The summed E-state index contributed by atoms with van der Waals surface area (Å²) in [6, 6.07) is 10.1. The average molecular weight is 387 g/mol. The molecule has 1 saturated heterocycles. The maximum absolute atomic E-state index is 6.22. The van der Waals surface area contributed by atoms with Crippen LogP contribution in [0.2, 0.25) is 0 Å². The SMILES string of the molecule is Nc1ncnc2c1c(-c1ccc3nc(OC4CC4)ccc3c1)nn2CC1CNC1. The Morgan fingerprint density at radius 3 is 2.83 bits per heavy atom. The minimum atomic E-state index is 0.336. The Balaban J connectivity index is 1.43. The third-order valence-electron chi connectivity index (χ3n) is 5.60. The second-order valence-electron chi connectivity index (χ2n) is 7.89. The number of pyridine rings is 1. The van der Waals surface area contributed by atoms with Gasteiger partial charge in [-0.1, -0.05) is 6.07 Å². The molecule has 29 heavy (non-hydrogen) atoms. The number of fused-ring (bicyclic) bond motifs is 2. The molecule has 1 aliphatic carbocycles. The number of hydrogen-bond donors (Lipinski definition) is 2. The molecule has 4 aromatic rings. The van der Waals surface area contributed by atoms with Crippen LogP contribution in [-0.2, 0) is 6.54 Å². The van der Waals surface area contributed by atoms with E-state index >= 15 is 0 Å². The molecule has 0 atom stereocenters. The van der Waals surface area contributed by atoms with Gasteiger partial charge in [0.25, 0.3) is 0 Å². The third-order valence-corrected chi connectivity index (χ3v) is 5.60. The van der Waals surface area contributed by atoms with E-state index in [9.17, 15) is 0 Å². The first kappa shape index (κ1) is 16.7. The summed E-state index contributed by atoms with van der Waals surface area (Å²) in [5.41, 5.74) is 9.70. The fraction of sp³-hybridized carbons (Fsp3) is 0.333. The standard InChI is InChI=1S/C21H21N7O/c22-20-18-19(27-28(10-12-8-23-9-12)21(18)25-11-24-20)14-1-5-16-13(7-14)2-6-17(26-16)29-15-3-4-15/h1-2,5-7,11-12,15,23H,3-4,8-10H2,(H2,22,24,25). The molecule has 1 aliphatic heterocycles. The highest BCUT2D eigenvalue weighted by molar-refractivity contribution is 5.99. The van der Waals surface area contributed by atoms with Crippen molar-refractivity contribution in [3.63, 3.8) is 0 Å². The van der Waals surface area contributed by atoms with Gasteiger partial charge >= 0.3 is 0 Å². The molecule has 146 valence electrons. The van der Waals surface area contributed by atoms with E-state index in [1.807, 2.05) is 28.9 Å². The van der Waals surface area contributed by atoms with Crippen LogP contribution in [0.4, 0.5) is 5.82 Å². The van der Waals surface area contributed by atoms with Gasteiger partial charge in [-0.05, 0) is 31.0 Å². The summed E-state index contributed by atoms with van der Waals surface area (Å²) < 4.78 is 7.77. The van der Waals surface area contributed by atoms with E-state index in [2.05, 4.69) is 26.3 Å².